The highest BCUT2D eigenvalue weighted by atomic mass is 16.5. The van der Waals surface area contributed by atoms with Gasteiger partial charge in [0.25, 0.3) is 0 Å². The molecule has 4 rings (SSSR count). The lowest BCUT2D eigenvalue weighted by atomic mass is 10.1. The molecule has 0 spiro atoms. The number of ether oxygens (including phenoxy) is 2. The van der Waals surface area contributed by atoms with E-state index in [1.807, 2.05) is 48.5 Å². The molecule has 9 nitrogen and oxygen atoms in total. The van der Waals surface area contributed by atoms with Gasteiger partial charge in [-0.3, -0.25) is 0 Å². The van der Waals surface area contributed by atoms with Gasteiger partial charge in [0.05, 0.1) is 38.0 Å². The van der Waals surface area contributed by atoms with Gasteiger partial charge in [-0.15, -0.1) is 11.5 Å². The predicted molar refractivity (Wildman–Crippen MR) is 147 cm³/mol. The highest BCUT2D eigenvalue weighted by molar-refractivity contribution is 5.79. The van der Waals surface area contributed by atoms with Crippen LogP contribution in [-0.2, 0) is 13.1 Å². The first-order valence-corrected chi connectivity index (χ1v) is 11.8. The van der Waals surface area contributed by atoms with E-state index in [0.717, 1.165) is 22.6 Å². The molecule has 38 heavy (non-hydrogen) atoms. The van der Waals surface area contributed by atoms with Crippen molar-refractivity contribution in [2.75, 3.05) is 24.9 Å². The minimum Gasteiger partial charge on any atom is -0.497 e. The van der Waals surface area contributed by atoms with E-state index in [1.165, 1.54) is 0 Å². The number of allylic oxidation sites excluding steroid dienone is 4. The summed E-state index contributed by atoms with van der Waals surface area (Å²) in [4.78, 5) is 11.4. The minimum atomic E-state index is 0.124. The van der Waals surface area contributed by atoms with Crippen LogP contribution in [0.4, 0.5) is 11.9 Å². The molecule has 0 saturated heterocycles. The first-order chi connectivity index (χ1) is 18.5. The zero-order valence-corrected chi connectivity index (χ0v) is 21.2. The van der Waals surface area contributed by atoms with E-state index in [1.54, 1.807) is 43.0 Å². The third-order valence-corrected chi connectivity index (χ3v) is 5.71. The Bertz CT molecular complexity index is 1490. The number of hydrogen-bond donors (Lipinski definition) is 1. The van der Waals surface area contributed by atoms with Crippen molar-refractivity contribution in [3.63, 3.8) is 0 Å². The molecule has 0 fully saturated rings. The molecule has 0 unspecified atom stereocenters. The molecule has 0 atom stereocenters. The van der Waals surface area contributed by atoms with Gasteiger partial charge in [0, 0.05) is 19.2 Å². The monoisotopic (exact) mass is 505 g/mol. The van der Waals surface area contributed by atoms with E-state index in [0.29, 0.717) is 36.0 Å². The quantitative estimate of drug-likeness (QED) is 0.249. The first kappa shape index (κ1) is 25.8. The molecular formula is C29H27N7O2. The molecule has 2 aromatic heterocycles. The number of nitrogens with two attached hydrogens (primary N) is 1. The Hall–Kier alpha value is -5.28. The SMILES string of the molecule is C#C/C(=C\C=C/CC#N)c1cc2nc(N)nn2c(N(Cc2ccc(OC)cc2)Cc2ccc(OC)cc2)n1. The van der Waals surface area contributed by atoms with Crippen molar-refractivity contribution in [3.05, 3.63) is 89.6 Å². The number of nitriles is 1. The van der Waals surface area contributed by atoms with E-state index in [4.69, 9.17) is 31.9 Å². The second-order valence-electron chi connectivity index (χ2n) is 8.25. The number of methoxy groups -OCH3 is 2. The molecule has 0 aliphatic rings. The summed E-state index contributed by atoms with van der Waals surface area (Å²) in [7, 11) is 3.27. The first-order valence-electron chi connectivity index (χ1n) is 11.8. The van der Waals surface area contributed by atoms with Crippen LogP contribution in [0.2, 0.25) is 0 Å². The number of benzene rings is 2. The topological polar surface area (TPSA) is 115 Å². The lowest BCUT2D eigenvalue weighted by Gasteiger charge is -2.25. The molecule has 2 heterocycles. The molecule has 0 radical (unpaired) electrons. The van der Waals surface area contributed by atoms with E-state index in [-0.39, 0.29) is 12.4 Å². The van der Waals surface area contributed by atoms with Crippen LogP contribution < -0.4 is 20.1 Å². The summed E-state index contributed by atoms with van der Waals surface area (Å²) in [5, 5.41) is 13.2. The fourth-order valence-corrected chi connectivity index (χ4v) is 3.83. The molecule has 2 aromatic carbocycles. The number of nitrogens with zero attached hydrogens (tertiary/aromatic N) is 6. The van der Waals surface area contributed by atoms with Gasteiger partial charge in [0.15, 0.2) is 5.65 Å². The fraction of sp³-hybridized carbons (Fsp3) is 0.172. The van der Waals surface area contributed by atoms with Crippen molar-refractivity contribution < 1.29 is 9.47 Å². The predicted octanol–water partition coefficient (Wildman–Crippen LogP) is 4.42. The lowest BCUT2D eigenvalue weighted by molar-refractivity contribution is 0.414. The molecule has 9 heteroatoms. The third kappa shape index (κ3) is 6.10. The number of terminal acetylenes is 1. The fourth-order valence-electron chi connectivity index (χ4n) is 3.83. The highest BCUT2D eigenvalue weighted by Crippen LogP contribution is 2.25. The van der Waals surface area contributed by atoms with E-state index in [9.17, 15) is 0 Å². The summed E-state index contributed by atoms with van der Waals surface area (Å²) in [5.41, 5.74) is 9.66. The van der Waals surface area contributed by atoms with Crippen LogP contribution in [0.5, 0.6) is 11.5 Å². The zero-order chi connectivity index (χ0) is 26.9. The molecule has 2 N–H and O–H groups in total. The largest absolute Gasteiger partial charge is 0.497 e. The number of rotatable bonds is 10. The van der Waals surface area contributed by atoms with Gasteiger partial charge in [-0.25, -0.2) is 4.98 Å². The normalized spacial score (nSPS) is 11.3. The number of anilines is 2. The van der Waals surface area contributed by atoms with Gasteiger partial charge >= 0.3 is 0 Å². The number of hydrogen-bond acceptors (Lipinski definition) is 8. The van der Waals surface area contributed by atoms with Crippen molar-refractivity contribution >= 4 is 23.1 Å². The van der Waals surface area contributed by atoms with Crippen LogP contribution in [0.1, 0.15) is 23.2 Å². The van der Waals surface area contributed by atoms with Crippen LogP contribution in [-0.4, -0.2) is 33.8 Å². The average molecular weight is 506 g/mol. The Labute approximate surface area is 221 Å². The molecule has 4 aromatic rings. The molecule has 0 aliphatic carbocycles. The summed E-state index contributed by atoms with van der Waals surface area (Å²) >= 11 is 0. The average Bonchev–Trinajstić information content (AvgIpc) is 3.33. The van der Waals surface area contributed by atoms with Crippen molar-refractivity contribution in [2.24, 2.45) is 0 Å². The number of aromatic nitrogens is 4. The molecule has 190 valence electrons. The minimum absolute atomic E-state index is 0.124. The van der Waals surface area contributed by atoms with E-state index >= 15 is 0 Å². The Morgan fingerprint density at radius 2 is 1.63 bits per heavy atom. The smallest absolute Gasteiger partial charge is 0.240 e. The van der Waals surface area contributed by atoms with Crippen LogP contribution in [0, 0.1) is 23.7 Å². The lowest BCUT2D eigenvalue weighted by Crippen LogP contribution is -2.26. The summed E-state index contributed by atoms with van der Waals surface area (Å²) in [5.74, 6) is 4.88. The van der Waals surface area contributed by atoms with E-state index < -0.39 is 0 Å². The molecule has 0 aliphatic heterocycles. The third-order valence-electron chi connectivity index (χ3n) is 5.71. The van der Waals surface area contributed by atoms with Crippen LogP contribution in [0.15, 0.2) is 72.8 Å². The van der Waals surface area contributed by atoms with Gasteiger partial charge in [-0.05, 0) is 41.5 Å². The Morgan fingerprint density at radius 1 is 1.03 bits per heavy atom. The Kier molecular flexibility index (Phi) is 8.22. The van der Waals surface area contributed by atoms with Gasteiger partial charge in [0.2, 0.25) is 11.9 Å². The highest BCUT2D eigenvalue weighted by Gasteiger charge is 2.19. The molecule has 0 bridgehead atoms. The van der Waals surface area contributed by atoms with Crippen LogP contribution in [0.3, 0.4) is 0 Å². The maximum absolute atomic E-state index is 8.80. The van der Waals surface area contributed by atoms with Gasteiger partial charge in [-0.2, -0.15) is 14.8 Å². The Morgan fingerprint density at radius 3 is 2.16 bits per heavy atom. The van der Waals surface area contributed by atoms with Gasteiger partial charge in [-0.1, -0.05) is 42.3 Å². The van der Waals surface area contributed by atoms with E-state index in [2.05, 4.69) is 27.0 Å². The van der Waals surface area contributed by atoms with Crippen molar-refractivity contribution in [2.45, 2.75) is 19.5 Å². The van der Waals surface area contributed by atoms with Gasteiger partial charge < -0.3 is 20.1 Å². The summed E-state index contributed by atoms with van der Waals surface area (Å²) < 4.78 is 12.2. The number of nitrogen functional groups attached to an aromatic ring is 1. The molecular weight excluding hydrogens is 478 g/mol. The Balaban J connectivity index is 1.82. The van der Waals surface area contributed by atoms with Crippen molar-refractivity contribution in [1.29, 1.82) is 5.26 Å². The van der Waals surface area contributed by atoms with Gasteiger partial charge in [0.1, 0.15) is 11.5 Å². The maximum atomic E-state index is 8.80. The standard InChI is InChI=1S/C29H27N7O2/c1-4-23(8-6-5-7-17-30)26-18-27-33-28(31)34-36(27)29(32-26)35(19-21-9-13-24(37-2)14-10-21)20-22-11-15-25(38-3)16-12-22/h1,5-6,8-16,18H,7,19-20H2,2-3H3,(H2,31,34)/b6-5-,23-8+. The summed E-state index contributed by atoms with van der Waals surface area (Å²) in [6, 6.07) is 19.5. The van der Waals surface area contributed by atoms with Crippen molar-refractivity contribution in [3.8, 4) is 29.9 Å². The maximum Gasteiger partial charge on any atom is 0.240 e. The van der Waals surface area contributed by atoms with Crippen LogP contribution >= 0.6 is 0 Å². The van der Waals surface area contributed by atoms with Crippen molar-refractivity contribution in [1.82, 2.24) is 19.6 Å². The second-order valence-corrected chi connectivity index (χ2v) is 8.25. The summed E-state index contributed by atoms with van der Waals surface area (Å²) in [6.07, 6.45) is 11.3. The second kappa shape index (κ2) is 12.1. The summed E-state index contributed by atoms with van der Waals surface area (Å²) in [6.45, 7) is 1.02. The number of fused-ring (bicyclic) bond motifs is 1. The zero-order valence-electron chi connectivity index (χ0n) is 21.2. The molecule has 0 amide bonds. The van der Waals surface area contributed by atoms with Crippen LogP contribution in [0.25, 0.3) is 11.2 Å². The molecule has 0 saturated carbocycles.